The third kappa shape index (κ3) is 3.98. The summed E-state index contributed by atoms with van der Waals surface area (Å²) in [6.07, 6.45) is 0.466. The van der Waals surface area contributed by atoms with Crippen molar-refractivity contribution in [3.05, 3.63) is 57.5 Å². The van der Waals surface area contributed by atoms with Gasteiger partial charge in [-0.2, -0.15) is 0 Å². The number of halogens is 1. The van der Waals surface area contributed by atoms with Crippen LogP contribution in [0, 0.1) is 19.7 Å². The second-order valence-corrected chi connectivity index (χ2v) is 4.77. The fourth-order valence-corrected chi connectivity index (χ4v) is 2.04. The summed E-state index contributed by atoms with van der Waals surface area (Å²) < 4.78 is 12.8. The monoisotopic (exact) mass is 289 g/mol. The van der Waals surface area contributed by atoms with E-state index in [1.54, 1.807) is 13.8 Å². The van der Waals surface area contributed by atoms with Crippen LogP contribution in [0.25, 0.3) is 0 Å². The third-order valence-corrected chi connectivity index (χ3v) is 3.07. The zero-order valence-corrected chi connectivity index (χ0v) is 11.9. The highest BCUT2D eigenvalue weighted by molar-refractivity contribution is 5.90. The van der Waals surface area contributed by atoms with E-state index in [2.05, 4.69) is 15.3 Å². The van der Waals surface area contributed by atoms with Gasteiger partial charge in [0.05, 0.1) is 0 Å². The smallest absolute Gasteiger partial charge is 0.254 e. The Morgan fingerprint density at radius 3 is 2.57 bits per heavy atom. The Morgan fingerprint density at radius 2 is 1.95 bits per heavy atom. The second-order valence-electron chi connectivity index (χ2n) is 4.77. The summed E-state index contributed by atoms with van der Waals surface area (Å²) in [5, 5.41) is 2.65. The average Bonchev–Trinajstić information content (AvgIpc) is 2.40. The van der Waals surface area contributed by atoms with Gasteiger partial charge in [0.15, 0.2) is 0 Å². The summed E-state index contributed by atoms with van der Waals surface area (Å²) >= 11 is 0. The maximum absolute atomic E-state index is 12.8. The molecule has 1 amide bonds. The van der Waals surface area contributed by atoms with Crippen LogP contribution < -0.4 is 10.9 Å². The molecule has 2 rings (SSSR count). The summed E-state index contributed by atoms with van der Waals surface area (Å²) in [7, 11) is 0. The van der Waals surface area contributed by atoms with Crippen LogP contribution in [-0.2, 0) is 11.2 Å². The second kappa shape index (κ2) is 6.30. The van der Waals surface area contributed by atoms with E-state index < -0.39 is 0 Å². The Balaban J connectivity index is 1.98. The molecule has 0 spiro atoms. The van der Waals surface area contributed by atoms with Crippen LogP contribution >= 0.6 is 0 Å². The van der Waals surface area contributed by atoms with Gasteiger partial charge < -0.3 is 10.3 Å². The Bertz CT molecular complexity index is 708. The van der Waals surface area contributed by atoms with E-state index in [1.807, 2.05) is 0 Å². The molecule has 0 aliphatic heterocycles. The van der Waals surface area contributed by atoms with Crippen molar-refractivity contribution >= 4 is 11.6 Å². The maximum atomic E-state index is 12.8. The molecule has 0 unspecified atom stereocenters. The lowest BCUT2D eigenvalue weighted by atomic mass is 10.1. The number of aryl methyl sites for hydroxylation is 2. The van der Waals surface area contributed by atoms with E-state index in [0.717, 1.165) is 0 Å². The molecule has 0 saturated heterocycles. The fourth-order valence-electron chi connectivity index (χ4n) is 2.04. The van der Waals surface area contributed by atoms with Crippen LogP contribution in [0.2, 0.25) is 0 Å². The highest BCUT2D eigenvalue weighted by atomic mass is 19.1. The van der Waals surface area contributed by atoms with Crippen molar-refractivity contribution < 1.29 is 9.18 Å². The Hall–Kier alpha value is -2.50. The van der Waals surface area contributed by atoms with Gasteiger partial charge in [-0.05, 0) is 44.5 Å². The number of hydrogen-bond acceptors (Lipinski definition) is 3. The number of amides is 1. The SMILES string of the molecule is Cc1nc(C)c(CCC(=O)Nc2ccc(F)cc2)c(=O)[nH]1. The Kier molecular flexibility index (Phi) is 4.47. The third-order valence-electron chi connectivity index (χ3n) is 3.07. The maximum Gasteiger partial charge on any atom is 0.254 e. The minimum atomic E-state index is -0.360. The van der Waals surface area contributed by atoms with Gasteiger partial charge >= 0.3 is 0 Å². The first-order valence-electron chi connectivity index (χ1n) is 6.57. The van der Waals surface area contributed by atoms with Gasteiger partial charge in [-0.3, -0.25) is 9.59 Å². The van der Waals surface area contributed by atoms with Crippen molar-refractivity contribution in [1.29, 1.82) is 0 Å². The average molecular weight is 289 g/mol. The minimum Gasteiger partial charge on any atom is -0.326 e. The van der Waals surface area contributed by atoms with Crippen LogP contribution in [0.15, 0.2) is 29.1 Å². The number of aromatic nitrogens is 2. The number of carbonyl (C=O) groups is 1. The topological polar surface area (TPSA) is 74.8 Å². The van der Waals surface area contributed by atoms with Crippen molar-refractivity contribution in [3.8, 4) is 0 Å². The molecule has 5 nitrogen and oxygen atoms in total. The standard InChI is InChI=1S/C15H16FN3O2/c1-9-13(15(21)18-10(2)17-9)7-8-14(20)19-12-5-3-11(16)4-6-12/h3-6H,7-8H2,1-2H3,(H,19,20)(H,17,18,21). The molecule has 0 fully saturated rings. The molecule has 0 atom stereocenters. The molecular weight excluding hydrogens is 273 g/mol. The first-order valence-corrected chi connectivity index (χ1v) is 6.57. The molecule has 2 aromatic rings. The number of benzene rings is 1. The quantitative estimate of drug-likeness (QED) is 0.905. The molecule has 0 aliphatic carbocycles. The van der Waals surface area contributed by atoms with Gasteiger partial charge in [0.1, 0.15) is 11.6 Å². The normalized spacial score (nSPS) is 10.4. The van der Waals surface area contributed by atoms with E-state index in [1.165, 1.54) is 24.3 Å². The molecule has 21 heavy (non-hydrogen) atoms. The lowest BCUT2D eigenvalue weighted by Crippen LogP contribution is -2.20. The molecule has 6 heteroatoms. The van der Waals surface area contributed by atoms with Crippen molar-refractivity contribution in [2.45, 2.75) is 26.7 Å². The lowest BCUT2D eigenvalue weighted by Gasteiger charge is -2.07. The summed E-state index contributed by atoms with van der Waals surface area (Å²) in [6, 6.07) is 5.51. The van der Waals surface area contributed by atoms with Gasteiger partial charge in [-0.25, -0.2) is 9.37 Å². The number of anilines is 1. The largest absolute Gasteiger partial charge is 0.326 e. The van der Waals surface area contributed by atoms with Gasteiger partial charge in [0.25, 0.3) is 5.56 Å². The summed E-state index contributed by atoms with van der Waals surface area (Å²) in [5.41, 5.74) is 1.45. The number of rotatable bonds is 4. The highest BCUT2D eigenvalue weighted by Gasteiger charge is 2.09. The lowest BCUT2D eigenvalue weighted by molar-refractivity contribution is -0.116. The summed E-state index contributed by atoms with van der Waals surface area (Å²) in [6.45, 7) is 3.45. The molecule has 0 bridgehead atoms. The first-order chi connectivity index (χ1) is 9.95. The van der Waals surface area contributed by atoms with Gasteiger partial charge in [0, 0.05) is 23.4 Å². The Labute approximate surface area is 121 Å². The van der Waals surface area contributed by atoms with Crippen LogP contribution in [0.1, 0.15) is 23.5 Å². The summed E-state index contributed by atoms with van der Waals surface area (Å²) in [4.78, 5) is 30.4. The molecule has 0 saturated carbocycles. The number of nitrogens with one attached hydrogen (secondary N) is 2. The molecule has 1 aromatic carbocycles. The summed E-state index contributed by atoms with van der Waals surface area (Å²) in [5.74, 6) is -0.0427. The number of hydrogen-bond donors (Lipinski definition) is 2. The predicted octanol–water partition coefficient (Wildman–Crippen LogP) is 2.10. The highest BCUT2D eigenvalue weighted by Crippen LogP contribution is 2.09. The number of aromatic amines is 1. The van der Waals surface area contributed by atoms with Crippen molar-refractivity contribution in [3.63, 3.8) is 0 Å². The zero-order valence-electron chi connectivity index (χ0n) is 11.9. The molecule has 2 N–H and O–H groups in total. The first kappa shape index (κ1) is 14.9. The van der Waals surface area contributed by atoms with Crippen molar-refractivity contribution in [1.82, 2.24) is 9.97 Å². The molecule has 0 radical (unpaired) electrons. The van der Waals surface area contributed by atoms with Crippen LogP contribution in [0.3, 0.4) is 0 Å². The minimum absolute atomic E-state index is 0.159. The van der Waals surface area contributed by atoms with Crippen LogP contribution in [-0.4, -0.2) is 15.9 Å². The molecule has 0 aliphatic rings. The van der Waals surface area contributed by atoms with E-state index >= 15 is 0 Å². The van der Waals surface area contributed by atoms with E-state index in [0.29, 0.717) is 29.2 Å². The van der Waals surface area contributed by atoms with Crippen molar-refractivity contribution in [2.75, 3.05) is 5.32 Å². The van der Waals surface area contributed by atoms with Gasteiger partial charge in [-0.15, -0.1) is 0 Å². The molecule has 1 heterocycles. The zero-order chi connectivity index (χ0) is 15.4. The number of carbonyl (C=O) groups excluding carboxylic acids is 1. The van der Waals surface area contributed by atoms with Crippen LogP contribution in [0.4, 0.5) is 10.1 Å². The molecule has 1 aromatic heterocycles. The van der Waals surface area contributed by atoms with E-state index in [9.17, 15) is 14.0 Å². The predicted molar refractivity (Wildman–Crippen MR) is 77.7 cm³/mol. The van der Waals surface area contributed by atoms with Crippen LogP contribution in [0.5, 0.6) is 0 Å². The fraction of sp³-hybridized carbons (Fsp3) is 0.267. The van der Waals surface area contributed by atoms with E-state index in [-0.39, 0.29) is 23.7 Å². The van der Waals surface area contributed by atoms with E-state index in [4.69, 9.17) is 0 Å². The van der Waals surface area contributed by atoms with Crippen molar-refractivity contribution in [2.24, 2.45) is 0 Å². The van der Waals surface area contributed by atoms with Gasteiger partial charge in [-0.1, -0.05) is 0 Å². The number of H-pyrrole nitrogens is 1. The van der Waals surface area contributed by atoms with Gasteiger partial charge in [0.2, 0.25) is 5.91 Å². The Morgan fingerprint density at radius 1 is 1.29 bits per heavy atom. The molecular formula is C15H16FN3O2. The number of nitrogens with zero attached hydrogens (tertiary/aromatic N) is 1. The molecule has 110 valence electrons.